The van der Waals surface area contributed by atoms with Crippen LogP contribution in [0.2, 0.25) is 0 Å². The van der Waals surface area contributed by atoms with Crippen LogP contribution in [0.15, 0.2) is 67.0 Å². The Morgan fingerprint density at radius 2 is 1.68 bits per heavy atom. The molecule has 0 radical (unpaired) electrons. The summed E-state index contributed by atoms with van der Waals surface area (Å²) >= 11 is 0. The molecule has 5 nitrogen and oxygen atoms in total. The number of halogens is 2. The molecular weight excluding hydrogens is 434 g/mol. The van der Waals surface area contributed by atoms with Crippen molar-refractivity contribution in [2.24, 2.45) is 0 Å². The third-order valence-electron chi connectivity index (χ3n) is 5.87. The molecule has 4 aromatic rings. The highest BCUT2D eigenvalue weighted by Crippen LogP contribution is 2.29. The van der Waals surface area contributed by atoms with E-state index in [2.05, 4.69) is 34.8 Å². The van der Waals surface area contributed by atoms with Gasteiger partial charge in [0.15, 0.2) is 0 Å². The van der Waals surface area contributed by atoms with Gasteiger partial charge in [0, 0.05) is 38.1 Å². The Bertz CT molecular complexity index is 1340. The second-order valence-corrected chi connectivity index (χ2v) is 8.09. The summed E-state index contributed by atoms with van der Waals surface area (Å²) in [5.41, 5.74) is 3.62. The zero-order valence-corrected chi connectivity index (χ0v) is 19.4. The van der Waals surface area contributed by atoms with E-state index >= 15 is 0 Å². The van der Waals surface area contributed by atoms with E-state index in [1.165, 1.54) is 11.0 Å². The lowest BCUT2D eigenvalue weighted by Crippen LogP contribution is -2.27. The Morgan fingerprint density at radius 3 is 2.41 bits per heavy atom. The third kappa shape index (κ3) is 4.73. The van der Waals surface area contributed by atoms with Crippen LogP contribution in [0.1, 0.15) is 29.8 Å². The van der Waals surface area contributed by atoms with Crippen molar-refractivity contribution in [3.8, 4) is 11.1 Å². The second-order valence-electron chi connectivity index (χ2n) is 8.09. The number of nitrogens with zero attached hydrogens (tertiary/aromatic N) is 4. The lowest BCUT2D eigenvalue weighted by molar-refractivity contribution is 0.0780. The minimum Gasteiger partial charge on any atom is -0.357 e. The summed E-state index contributed by atoms with van der Waals surface area (Å²) in [7, 11) is 1.60. The van der Waals surface area contributed by atoms with E-state index in [1.54, 1.807) is 13.4 Å². The van der Waals surface area contributed by atoms with Crippen molar-refractivity contribution >= 4 is 22.6 Å². The molecule has 0 aliphatic carbocycles. The summed E-state index contributed by atoms with van der Waals surface area (Å²) in [5, 5.41) is 0.980. The summed E-state index contributed by atoms with van der Waals surface area (Å²) in [4.78, 5) is 25.2. The van der Waals surface area contributed by atoms with E-state index in [9.17, 15) is 13.6 Å². The van der Waals surface area contributed by atoms with Crippen LogP contribution in [-0.4, -0.2) is 40.9 Å². The number of rotatable bonds is 7. The standard InChI is InChI=1S/C27H26F2N4O/c1-4-33(5-2)26-23-14-20(9-12-25(23)30-17-31-26)19-8-6-7-18(13-19)16-32(3)27(34)22-11-10-21(28)15-24(22)29/h6-15,17H,4-5,16H2,1-3H3. The molecule has 0 bridgehead atoms. The molecule has 34 heavy (non-hydrogen) atoms. The van der Waals surface area contributed by atoms with Gasteiger partial charge in [-0.15, -0.1) is 0 Å². The van der Waals surface area contributed by atoms with E-state index in [0.717, 1.165) is 58.6 Å². The van der Waals surface area contributed by atoms with Gasteiger partial charge in [-0.05, 0) is 60.9 Å². The molecule has 0 fully saturated rings. The fraction of sp³-hybridized carbons (Fsp3) is 0.222. The molecule has 0 aliphatic heterocycles. The number of carbonyl (C=O) groups excluding carboxylic acids is 1. The van der Waals surface area contributed by atoms with Gasteiger partial charge in [-0.25, -0.2) is 18.7 Å². The topological polar surface area (TPSA) is 49.3 Å². The van der Waals surface area contributed by atoms with Gasteiger partial charge in [-0.2, -0.15) is 0 Å². The van der Waals surface area contributed by atoms with Crippen molar-refractivity contribution in [1.29, 1.82) is 0 Å². The van der Waals surface area contributed by atoms with Crippen LogP contribution in [0.3, 0.4) is 0 Å². The molecule has 1 heterocycles. The fourth-order valence-electron chi connectivity index (χ4n) is 4.06. The predicted molar refractivity (Wildman–Crippen MR) is 131 cm³/mol. The molecule has 3 aromatic carbocycles. The smallest absolute Gasteiger partial charge is 0.256 e. The second kappa shape index (κ2) is 9.95. The van der Waals surface area contributed by atoms with E-state index in [0.29, 0.717) is 0 Å². The highest BCUT2D eigenvalue weighted by molar-refractivity contribution is 5.94. The average molecular weight is 461 g/mol. The first-order valence-corrected chi connectivity index (χ1v) is 11.2. The van der Waals surface area contributed by atoms with Gasteiger partial charge in [0.25, 0.3) is 5.91 Å². The monoisotopic (exact) mass is 460 g/mol. The average Bonchev–Trinajstić information content (AvgIpc) is 2.84. The third-order valence-corrected chi connectivity index (χ3v) is 5.87. The Labute approximate surface area is 197 Å². The molecular formula is C27H26F2N4O. The molecule has 4 rings (SSSR count). The number of benzene rings is 3. The number of hydrogen-bond donors (Lipinski definition) is 0. The van der Waals surface area contributed by atoms with Gasteiger partial charge in [0.2, 0.25) is 0 Å². The molecule has 0 unspecified atom stereocenters. The number of anilines is 1. The van der Waals surface area contributed by atoms with Crippen molar-refractivity contribution in [3.63, 3.8) is 0 Å². The largest absolute Gasteiger partial charge is 0.357 e. The minimum absolute atomic E-state index is 0.154. The Kier molecular flexibility index (Phi) is 6.82. The first-order valence-electron chi connectivity index (χ1n) is 11.2. The maximum atomic E-state index is 14.1. The van der Waals surface area contributed by atoms with Gasteiger partial charge in [0.05, 0.1) is 11.1 Å². The minimum atomic E-state index is -0.868. The normalized spacial score (nSPS) is 11.0. The van der Waals surface area contributed by atoms with Crippen LogP contribution in [0, 0.1) is 11.6 Å². The van der Waals surface area contributed by atoms with E-state index in [-0.39, 0.29) is 12.1 Å². The van der Waals surface area contributed by atoms with Crippen LogP contribution < -0.4 is 4.90 Å². The van der Waals surface area contributed by atoms with Gasteiger partial charge in [-0.3, -0.25) is 4.79 Å². The first kappa shape index (κ1) is 23.3. The summed E-state index contributed by atoms with van der Waals surface area (Å²) in [6, 6.07) is 16.9. The van der Waals surface area contributed by atoms with Crippen molar-refractivity contribution in [3.05, 3.63) is 89.8 Å². The quantitative estimate of drug-likeness (QED) is 0.355. The molecule has 174 valence electrons. The number of amides is 1. The molecule has 0 spiro atoms. The maximum absolute atomic E-state index is 14.1. The Hall–Kier alpha value is -3.87. The van der Waals surface area contributed by atoms with Gasteiger partial charge in [-0.1, -0.05) is 24.3 Å². The van der Waals surface area contributed by atoms with E-state index < -0.39 is 17.5 Å². The summed E-state index contributed by atoms with van der Waals surface area (Å²) in [5.74, 6) is -1.18. The molecule has 0 saturated heterocycles. The van der Waals surface area contributed by atoms with Crippen LogP contribution in [0.25, 0.3) is 22.0 Å². The summed E-state index contributed by atoms with van der Waals surface area (Å²) in [6.07, 6.45) is 1.59. The molecule has 1 amide bonds. The highest BCUT2D eigenvalue weighted by Gasteiger charge is 2.17. The van der Waals surface area contributed by atoms with Gasteiger partial charge >= 0.3 is 0 Å². The van der Waals surface area contributed by atoms with Gasteiger partial charge in [0.1, 0.15) is 23.8 Å². The molecule has 0 saturated carbocycles. The van der Waals surface area contributed by atoms with Crippen LogP contribution in [0.5, 0.6) is 0 Å². The first-order chi connectivity index (χ1) is 16.4. The zero-order chi connectivity index (χ0) is 24.2. The number of carbonyl (C=O) groups is 1. The fourth-order valence-corrected chi connectivity index (χ4v) is 4.06. The van der Waals surface area contributed by atoms with E-state index in [1.807, 2.05) is 36.4 Å². The van der Waals surface area contributed by atoms with E-state index in [4.69, 9.17) is 0 Å². The molecule has 0 atom stereocenters. The predicted octanol–water partition coefficient (Wildman–Crippen LogP) is 5.69. The van der Waals surface area contributed by atoms with Gasteiger partial charge < -0.3 is 9.80 Å². The summed E-state index contributed by atoms with van der Waals surface area (Å²) < 4.78 is 27.2. The van der Waals surface area contributed by atoms with Crippen molar-refractivity contribution < 1.29 is 13.6 Å². The summed E-state index contributed by atoms with van der Waals surface area (Å²) in [6.45, 7) is 6.17. The number of fused-ring (bicyclic) bond motifs is 1. The molecule has 1 aromatic heterocycles. The highest BCUT2D eigenvalue weighted by atomic mass is 19.1. The zero-order valence-electron chi connectivity index (χ0n) is 19.4. The number of aromatic nitrogens is 2. The molecule has 7 heteroatoms. The van der Waals surface area contributed by atoms with Crippen molar-refractivity contribution in [1.82, 2.24) is 14.9 Å². The Balaban J connectivity index is 1.62. The van der Waals surface area contributed by atoms with Crippen molar-refractivity contribution in [2.45, 2.75) is 20.4 Å². The van der Waals surface area contributed by atoms with Crippen LogP contribution in [-0.2, 0) is 6.54 Å². The molecule has 0 N–H and O–H groups in total. The maximum Gasteiger partial charge on any atom is 0.256 e. The van der Waals surface area contributed by atoms with Crippen molar-refractivity contribution in [2.75, 3.05) is 25.0 Å². The number of hydrogen-bond acceptors (Lipinski definition) is 4. The van der Waals surface area contributed by atoms with Crippen LogP contribution >= 0.6 is 0 Å². The SMILES string of the molecule is CCN(CC)c1ncnc2ccc(-c3cccc(CN(C)C(=O)c4ccc(F)cc4F)c3)cc12. The van der Waals surface area contributed by atoms with Crippen LogP contribution in [0.4, 0.5) is 14.6 Å². The lowest BCUT2D eigenvalue weighted by atomic mass is 10.0. The Morgan fingerprint density at radius 1 is 0.912 bits per heavy atom. The molecule has 0 aliphatic rings. The lowest BCUT2D eigenvalue weighted by Gasteiger charge is -2.21.